The highest BCUT2D eigenvalue weighted by molar-refractivity contribution is 6.33. The Labute approximate surface area is 101 Å². The largest absolute Gasteiger partial charge is 0.366 e. The molecule has 0 N–H and O–H groups in total. The first-order valence-electron chi connectivity index (χ1n) is 5.65. The van der Waals surface area contributed by atoms with E-state index in [0.29, 0.717) is 12.2 Å². The molecule has 0 radical (unpaired) electrons. The van der Waals surface area contributed by atoms with Gasteiger partial charge in [-0.2, -0.15) is 0 Å². The second-order valence-corrected chi connectivity index (χ2v) is 4.80. The van der Waals surface area contributed by atoms with Crippen LogP contribution in [0.5, 0.6) is 0 Å². The number of para-hydroxylation sites is 1. The molecule has 0 spiro atoms. The Kier molecular flexibility index (Phi) is 3.20. The van der Waals surface area contributed by atoms with Crippen LogP contribution in [0.1, 0.15) is 20.3 Å². The molecule has 0 aromatic heterocycles. The first-order chi connectivity index (χ1) is 7.61. The molecule has 3 heteroatoms. The van der Waals surface area contributed by atoms with E-state index < -0.39 is 0 Å². The molecule has 1 aromatic carbocycles. The van der Waals surface area contributed by atoms with E-state index in [1.807, 2.05) is 31.2 Å². The van der Waals surface area contributed by atoms with Gasteiger partial charge in [0.25, 0.3) is 0 Å². The molecule has 0 aliphatic carbocycles. The van der Waals surface area contributed by atoms with Crippen molar-refractivity contribution in [2.75, 3.05) is 11.4 Å². The number of hydrogen-bond acceptors (Lipinski definition) is 2. The fourth-order valence-electron chi connectivity index (χ4n) is 2.23. The summed E-state index contributed by atoms with van der Waals surface area (Å²) in [7, 11) is 0. The Hall–Kier alpha value is -1.02. The van der Waals surface area contributed by atoms with Crippen molar-refractivity contribution in [3.8, 4) is 0 Å². The van der Waals surface area contributed by atoms with E-state index in [0.717, 1.165) is 17.3 Å². The monoisotopic (exact) mass is 237 g/mol. The van der Waals surface area contributed by atoms with E-state index in [1.54, 1.807) is 0 Å². The predicted molar refractivity (Wildman–Crippen MR) is 67.0 cm³/mol. The summed E-state index contributed by atoms with van der Waals surface area (Å²) >= 11 is 6.18. The minimum atomic E-state index is 0.0880. The molecule has 1 aromatic rings. The molecule has 1 aliphatic heterocycles. The van der Waals surface area contributed by atoms with Gasteiger partial charge in [0, 0.05) is 24.9 Å². The molecule has 86 valence electrons. The first kappa shape index (κ1) is 11.5. The van der Waals surface area contributed by atoms with Crippen LogP contribution >= 0.6 is 11.6 Å². The zero-order valence-corrected chi connectivity index (χ0v) is 10.4. The van der Waals surface area contributed by atoms with Crippen molar-refractivity contribution >= 4 is 23.1 Å². The van der Waals surface area contributed by atoms with Crippen molar-refractivity contribution in [2.24, 2.45) is 5.92 Å². The van der Waals surface area contributed by atoms with Crippen LogP contribution in [0.15, 0.2) is 24.3 Å². The van der Waals surface area contributed by atoms with Crippen LogP contribution < -0.4 is 4.90 Å². The minimum absolute atomic E-state index is 0.0880. The molecule has 1 saturated heterocycles. The molecule has 2 nitrogen and oxygen atoms in total. The van der Waals surface area contributed by atoms with Crippen LogP contribution in [0.4, 0.5) is 5.69 Å². The number of benzene rings is 1. The Morgan fingerprint density at radius 3 is 2.69 bits per heavy atom. The van der Waals surface area contributed by atoms with Crippen LogP contribution in [0.25, 0.3) is 0 Å². The Bertz CT molecular complexity index is 405. The quantitative estimate of drug-likeness (QED) is 0.748. The van der Waals surface area contributed by atoms with Crippen molar-refractivity contribution in [3.63, 3.8) is 0 Å². The summed E-state index contributed by atoms with van der Waals surface area (Å²) in [5, 5.41) is 0.760. The highest BCUT2D eigenvalue weighted by Gasteiger charge is 2.31. The summed E-state index contributed by atoms with van der Waals surface area (Å²) in [6.07, 6.45) is 0.622. The van der Waals surface area contributed by atoms with Gasteiger partial charge in [0.15, 0.2) is 0 Å². The lowest BCUT2D eigenvalue weighted by Crippen LogP contribution is -2.47. The summed E-state index contributed by atoms with van der Waals surface area (Å²) in [6.45, 7) is 4.86. The summed E-state index contributed by atoms with van der Waals surface area (Å²) in [5.74, 6) is 0.445. The molecular weight excluding hydrogens is 222 g/mol. The van der Waals surface area contributed by atoms with Crippen LogP contribution in [0.3, 0.4) is 0 Å². The lowest BCUT2D eigenvalue weighted by Gasteiger charge is -2.39. The third-order valence-corrected chi connectivity index (χ3v) is 3.80. The van der Waals surface area contributed by atoms with E-state index in [4.69, 9.17) is 11.6 Å². The lowest BCUT2D eigenvalue weighted by molar-refractivity contribution is -0.123. The van der Waals surface area contributed by atoms with Gasteiger partial charge in [-0.15, -0.1) is 0 Å². The number of carbonyl (C=O) groups excluding carboxylic acids is 1. The van der Waals surface area contributed by atoms with Gasteiger partial charge in [-0.3, -0.25) is 4.79 Å². The zero-order chi connectivity index (χ0) is 11.7. The van der Waals surface area contributed by atoms with Gasteiger partial charge < -0.3 is 4.90 Å². The maximum atomic E-state index is 11.6. The third kappa shape index (κ3) is 1.94. The topological polar surface area (TPSA) is 20.3 Å². The number of Topliss-reactive ketones (excluding diaryl/α,β-unsaturated/α-hetero) is 1. The van der Waals surface area contributed by atoms with Gasteiger partial charge in [0.1, 0.15) is 5.78 Å². The molecular formula is C13H16ClNO. The van der Waals surface area contributed by atoms with Crippen LogP contribution in [0, 0.1) is 5.92 Å². The van der Waals surface area contributed by atoms with Crippen LogP contribution in [-0.4, -0.2) is 18.4 Å². The average Bonchev–Trinajstić information content (AvgIpc) is 2.28. The maximum absolute atomic E-state index is 11.6. The number of ketones is 1. The van der Waals surface area contributed by atoms with Gasteiger partial charge in [-0.25, -0.2) is 0 Å². The van der Waals surface area contributed by atoms with Gasteiger partial charge >= 0.3 is 0 Å². The van der Waals surface area contributed by atoms with Crippen molar-refractivity contribution in [2.45, 2.75) is 26.3 Å². The SMILES string of the molecule is CC1C(=O)CCN(c2ccccc2Cl)C1C. The van der Waals surface area contributed by atoms with Crippen molar-refractivity contribution < 1.29 is 4.79 Å². The smallest absolute Gasteiger partial charge is 0.139 e. The molecule has 2 atom stereocenters. The third-order valence-electron chi connectivity index (χ3n) is 3.48. The number of carbonyl (C=O) groups is 1. The van der Waals surface area contributed by atoms with Crippen molar-refractivity contribution in [1.82, 2.24) is 0 Å². The second kappa shape index (κ2) is 4.46. The van der Waals surface area contributed by atoms with Gasteiger partial charge in [0.2, 0.25) is 0 Å². The summed E-state index contributed by atoms with van der Waals surface area (Å²) in [4.78, 5) is 13.8. The Morgan fingerprint density at radius 2 is 2.00 bits per heavy atom. The number of piperidine rings is 1. The molecule has 0 bridgehead atoms. The van der Waals surface area contributed by atoms with Gasteiger partial charge in [-0.1, -0.05) is 30.7 Å². The van der Waals surface area contributed by atoms with Crippen molar-refractivity contribution in [1.29, 1.82) is 0 Å². The average molecular weight is 238 g/mol. The fourth-order valence-corrected chi connectivity index (χ4v) is 2.47. The van der Waals surface area contributed by atoms with Crippen LogP contribution in [0.2, 0.25) is 5.02 Å². The van der Waals surface area contributed by atoms with Crippen molar-refractivity contribution in [3.05, 3.63) is 29.3 Å². The van der Waals surface area contributed by atoms with E-state index in [-0.39, 0.29) is 12.0 Å². The number of halogens is 1. The molecule has 1 heterocycles. The standard InChI is InChI=1S/C13H16ClNO/c1-9-10(2)15(8-7-13(9)16)12-6-4-3-5-11(12)14/h3-6,9-10H,7-8H2,1-2H3. The summed E-state index contributed by atoms with van der Waals surface area (Å²) in [6, 6.07) is 8.04. The molecule has 1 fully saturated rings. The maximum Gasteiger partial charge on any atom is 0.139 e. The molecule has 2 unspecified atom stereocenters. The Balaban J connectivity index is 2.29. The molecule has 0 saturated carbocycles. The van der Waals surface area contributed by atoms with E-state index in [9.17, 15) is 4.79 Å². The van der Waals surface area contributed by atoms with E-state index in [2.05, 4.69) is 11.8 Å². The van der Waals surface area contributed by atoms with Gasteiger partial charge in [-0.05, 0) is 19.1 Å². The minimum Gasteiger partial charge on any atom is -0.366 e. The molecule has 16 heavy (non-hydrogen) atoms. The first-order valence-corrected chi connectivity index (χ1v) is 6.03. The molecule has 2 rings (SSSR count). The van der Waals surface area contributed by atoms with Crippen LogP contribution in [-0.2, 0) is 4.79 Å². The summed E-state index contributed by atoms with van der Waals surface area (Å²) < 4.78 is 0. The molecule has 0 amide bonds. The van der Waals surface area contributed by atoms with Gasteiger partial charge in [0.05, 0.1) is 10.7 Å². The van der Waals surface area contributed by atoms with E-state index >= 15 is 0 Å². The number of anilines is 1. The fraction of sp³-hybridized carbons (Fsp3) is 0.462. The second-order valence-electron chi connectivity index (χ2n) is 4.39. The highest BCUT2D eigenvalue weighted by Crippen LogP contribution is 2.31. The predicted octanol–water partition coefficient (Wildman–Crippen LogP) is 3.14. The Morgan fingerprint density at radius 1 is 1.31 bits per heavy atom. The lowest BCUT2D eigenvalue weighted by atomic mass is 9.90. The highest BCUT2D eigenvalue weighted by atomic mass is 35.5. The summed E-state index contributed by atoms with van der Waals surface area (Å²) in [5.41, 5.74) is 1.04. The number of hydrogen-bond donors (Lipinski definition) is 0. The number of rotatable bonds is 1. The normalized spacial score (nSPS) is 25.9. The number of nitrogens with zero attached hydrogens (tertiary/aromatic N) is 1. The van der Waals surface area contributed by atoms with E-state index in [1.165, 1.54) is 0 Å². The molecule has 1 aliphatic rings. The zero-order valence-electron chi connectivity index (χ0n) is 9.61.